The molecule has 0 bridgehead atoms. The Morgan fingerprint density at radius 2 is 0.991 bits per heavy atom. The summed E-state index contributed by atoms with van der Waals surface area (Å²) in [7, 11) is 1.64. The molecule has 0 spiro atoms. The summed E-state index contributed by atoms with van der Waals surface area (Å²) < 4.78 is 49.9. The highest BCUT2D eigenvalue weighted by Gasteiger charge is 2.44. The molecule has 10 rings (SSSR count). The number of benzene rings is 8. The number of unbranched alkanes of at least 4 members (excludes halogenated alkanes) is 4. The number of halogens is 10. The normalized spacial score (nSPS) is 15.2. The quantitative estimate of drug-likeness (QED) is 0.0175. The summed E-state index contributed by atoms with van der Waals surface area (Å²) in [5, 5.41) is 6.20. The van der Waals surface area contributed by atoms with Gasteiger partial charge in [-0.3, -0.25) is 38.6 Å². The highest BCUT2D eigenvalue weighted by molar-refractivity contribution is 8.02. The van der Waals surface area contributed by atoms with Gasteiger partial charge >= 0.3 is 22.5 Å². The van der Waals surface area contributed by atoms with Gasteiger partial charge in [0.25, 0.3) is 11.8 Å². The number of aryl methyl sites for hydroxylation is 2. The van der Waals surface area contributed by atoms with Crippen LogP contribution < -0.4 is 58.1 Å². The van der Waals surface area contributed by atoms with Crippen molar-refractivity contribution >= 4 is 249 Å². The third-order valence-corrected chi connectivity index (χ3v) is 24.8. The standard InChI is InChI=1S/C43H48Cl6N6O5S2.C34H31Cl4N5O4S2/c1-7-10-19-54(20-11-8-2)31-22-25(4)23-32(40(31)59-21-12-9-3)60-62(58)53(6)30-15-13-14-16-33(30)61-41-42(51-29-24-27(50-26(5)56)17-18-28(29)44)52-55(43(41)57)39-37(48)35(46)34(45)36(47)38(39)49;1-4-5-16-42(49(46)47-24-13-10-20(2)11-14-24)29-8-6-7-9-30(29)48-32-33(40-28-19-23(39-21(3)44)12-15-25(28)36)41-43(34(32)45)31-26(37)17-22(35)18-27(31)38/h13-18,22-24,41H,7-12,19-21H2,1-6H3,(H,50,56)(H,51,52);6-15,17-19,32H,4-5,16H2,1-3H3,(H,39,44)(H,40,41). The summed E-state index contributed by atoms with van der Waals surface area (Å²) in [6, 6.07) is 38.3. The van der Waals surface area contributed by atoms with Crippen molar-refractivity contribution in [3.63, 3.8) is 0 Å². The van der Waals surface area contributed by atoms with Gasteiger partial charge in [-0.05, 0) is 142 Å². The van der Waals surface area contributed by atoms with Crippen molar-refractivity contribution in [2.45, 2.75) is 127 Å². The van der Waals surface area contributed by atoms with Crippen molar-refractivity contribution in [3.8, 4) is 17.2 Å². The lowest BCUT2D eigenvalue weighted by atomic mass is 10.1. The highest BCUT2D eigenvalue weighted by atomic mass is 35.5. The van der Waals surface area contributed by atoms with E-state index >= 15 is 0 Å². The first-order valence-electron chi connectivity index (χ1n) is 35.1. The van der Waals surface area contributed by atoms with E-state index in [1.807, 2.05) is 63.2 Å². The van der Waals surface area contributed by atoms with Crippen LogP contribution in [-0.4, -0.2) is 87.5 Å². The Balaban J connectivity index is 0.000000262. The van der Waals surface area contributed by atoms with E-state index in [1.165, 1.54) is 47.1 Å². The number of thioether (sulfide) groups is 2. The summed E-state index contributed by atoms with van der Waals surface area (Å²) in [4.78, 5) is 65.5. The topological polar surface area (TPSA) is 219 Å². The Hall–Kier alpha value is -6.72. The Labute approximate surface area is 710 Å². The second-order valence-electron chi connectivity index (χ2n) is 25.2. The fourth-order valence-corrected chi connectivity index (χ4v) is 17.8. The zero-order chi connectivity index (χ0) is 80.5. The lowest BCUT2D eigenvalue weighted by Gasteiger charge is -2.29. The van der Waals surface area contributed by atoms with Crippen LogP contribution in [0, 0.1) is 13.8 Å². The van der Waals surface area contributed by atoms with Gasteiger partial charge in [0.2, 0.25) is 11.8 Å². The van der Waals surface area contributed by atoms with Crippen LogP contribution in [0.4, 0.5) is 51.2 Å². The van der Waals surface area contributed by atoms with Crippen molar-refractivity contribution in [3.05, 3.63) is 195 Å². The van der Waals surface area contributed by atoms with E-state index in [4.69, 9.17) is 139 Å². The molecule has 20 nitrogen and oxygen atoms in total. The largest absolute Gasteiger partial charge is 0.488 e. The number of nitrogens with one attached hydrogen (secondary N) is 4. The number of nitrogens with zero attached hydrogens (tertiary/aromatic N) is 7. The molecule has 111 heavy (non-hydrogen) atoms. The Kier molecular flexibility index (Phi) is 33.0. The smallest absolute Gasteiger partial charge is 0.318 e. The SMILES string of the molecule is CCCCN(c1ccccc1SC1C(=O)N(c2c(Cl)cc(Cl)cc2Cl)NC1=Nc1cc(NC(C)=O)ccc1Cl)S(=O)Oc1ccc(C)cc1.CCCCOc1c(OS(=O)N(C)c2ccccc2SC2C(=O)N(c3c(Cl)c(Cl)c(Cl)c(Cl)c3Cl)NC2=Nc2cc(NC(C)=O)ccc2Cl)cc(C)cc1N(CCCC)CCCC. The molecule has 34 heteroatoms. The van der Waals surface area contributed by atoms with Gasteiger partial charge in [-0.25, -0.2) is 20.0 Å². The number of hydrogen-bond acceptors (Lipinski definition) is 14. The summed E-state index contributed by atoms with van der Waals surface area (Å²) in [5.74, 6) is 0.131. The fourth-order valence-electron chi connectivity index (χ4n) is 11.1. The number of amidine groups is 2. The summed E-state index contributed by atoms with van der Waals surface area (Å²) in [5.41, 5.74) is 11.6. The zero-order valence-electron chi connectivity index (χ0n) is 61.6. The molecule has 8 aromatic rings. The van der Waals surface area contributed by atoms with E-state index < -0.39 is 44.8 Å². The van der Waals surface area contributed by atoms with Gasteiger partial charge in [0, 0.05) is 66.7 Å². The predicted molar refractivity (Wildman–Crippen MR) is 465 cm³/mol. The maximum absolute atomic E-state index is 14.6. The van der Waals surface area contributed by atoms with Crippen molar-refractivity contribution in [2.75, 3.05) is 67.5 Å². The first kappa shape index (κ1) is 88.2. The number of hydrogen-bond donors (Lipinski definition) is 4. The van der Waals surface area contributed by atoms with E-state index in [-0.39, 0.29) is 85.8 Å². The summed E-state index contributed by atoms with van der Waals surface area (Å²) >= 11 is 63.2. The molecule has 4 atom stereocenters. The van der Waals surface area contributed by atoms with Crippen molar-refractivity contribution in [2.24, 2.45) is 9.98 Å². The molecule has 4 amide bonds. The fraction of sp³-hybridized carbons (Fsp3) is 0.299. The molecule has 2 aliphatic rings. The minimum Gasteiger partial charge on any atom is -0.488 e. The number of carbonyl (C=O) groups excluding carboxylic acids is 4. The molecule has 0 saturated carbocycles. The monoisotopic (exact) mass is 1780 g/mol. The minimum absolute atomic E-state index is 0.0519. The predicted octanol–water partition coefficient (Wildman–Crippen LogP) is 22.9. The Bertz CT molecular complexity index is 4800. The highest BCUT2D eigenvalue weighted by Crippen LogP contribution is 2.51. The number of carbonyl (C=O) groups is 4. The van der Waals surface area contributed by atoms with E-state index in [0.717, 1.165) is 98.0 Å². The van der Waals surface area contributed by atoms with E-state index in [2.05, 4.69) is 53.2 Å². The van der Waals surface area contributed by atoms with Gasteiger partial charge in [-0.1, -0.05) is 211 Å². The molecule has 590 valence electrons. The van der Waals surface area contributed by atoms with Gasteiger partial charge in [-0.15, -0.1) is 23.5 Å². The summed E-state index contributed by atoms with van der Waals surface area (Å²) in [6.45, 7) is 17.8. The van der Waals surface area contributed by atoms with Crippen LogP contribution >= 0.6 is 140 Å². The number of amides is 4. The number of ether oxygens (including phenoxy) is 1. The molecule has 2 aliphatic heterocycles. The third-order valence-electron chi connectivity index (χ3n) is 16.6. The first-order chi connectivity index (χ1) is 53.0. The van der Waals surface area contributed by atoms with Crippen LogP contribution in [0.2, 0.25) is 50.2 Å². The van der Waals surface area contributed by atoms with Crippen LogP contribution in [0.3, 0.4) is 0 Å². The molecule has 4 unspecified atom stereocenters. The average molecular weight is 1790 g/mol. The van der Waals surface area contributed by atoms with Crippen molar-refractivity contribution in [1.29, 1.82) is 0 Å². The van der Waals surface area contributed by atoms with Crippen LogP contribution in [0.5, 0.6) is 17.2 Å². The molecular formula is C77H79Cl10N11O9S4. The van der Waals surface area contributed by atoms with Gasteiger partial charge in [-0.2, -0.15) is 8.42 Å². The number of anilines is 7. The number of aliphatic imine (C=N–C) groups is 2. The minimum atomic E-state index is -2.10. The van der Waals surface area contributed by atoms with E-state index in [1.54, 1.807) is 84.1 Å². The second kappa shape index (κ2) is 41.5. The molecule has 4 N–H and O–H groups in total. The molecular weight excluding hydrogens is 1710 g/mol. The van der Waals surface area contributed by atoms with Crippen LogP contribution in [0.15, 0.2) is 153 Å². The van der Waals surface area contributed by atoms with Crippen LogP contribution in [0.25, 0.3) is 0 Å². The first-order valence-corrected chi connectivity index (χ1v) is 42.7. The van der Waals surface area contributed by atoms with Gasteiger partial charge < -0.3 is 28.6 Å². The molecule has 2 heterocycles. The Morgan fingerprint density at radius 3 is 1.50 bits per heavy atom. The van der Waals surface area contributed by atoms with Crippen molar-refractivity contribution in [1.82, 2.24) is 10.9 Å². The number of hydrazine groups is 2. The van der Waals surface area contributed by atoms with Gasteiger partial charge in [0.05, 0.1) is 80.2 Å². The molecule has 0 aliphatic carbocycles. The second-order valence-corrected chi connectivity index (χ2v) is 33.6. The summed E-state index contributed by atoms with van der Waals surface area (Å²) in [6.07, 6.45) is 7.46. The zero-order valence-corrected chi connectivity index (χ0v) is 72.4. The molecule has 8 aromatic carbocycles. The van der Waals surface area contributed by atoms with E-state index in [0.29, 0.717) is 73.7 Å². The molecule has 2 fully saturated rings. The Morgan fingerprint density at radius 1 is 0.523 bits per heavy atom. The van der Waals surface area contributed by atoms with Gasteiger partial charge in [0.1, 0.15) is 39.3 Å². The van der Waals surface area contributed by atoms with Crippen LogP contribution in [-0.2, 0) is 41.7 Å². The lowest BCUT2D eigenvalue weighted by molar-refractivity contribution is -0.117. The average Bonchev–Trinajstić information content (AvgIpc) is 1.65. The van der Waals surface area contributed by atoms with E-state index in [9.17, 15) is 27.6 Å². The number of rotatable bonds is 32. The maximum atomic E-state index is 14.6. The van der Waals surface area contributed by atoms with Crippen LogP contribution in [0.1, 0.15) is 104 Å². The molecule has 2 saturated heterocycles. The number of para-hydroxylation sites is 2. The molecule has 0 radical (unpaired) electrons. The third kappa shape index (κ3) is 22.6. The lowest BCUT2D eigenvalue weighted by Crippen LogP contribution is -2.36. The van der Waals surface area contributed by atoms with Crippen molar-refractivity contribution < 1.29 is 40.7 Å². The van der Waals surface area contributed by atoms with Gasteiger partial charge in [0.15, 0.2) is 11.5 Å². The molecule has 0 aromatic heterocycles. The maximum Gasteiger partial charge on any atom is 0.318 e.